The summed E-state index contributed by atoms with van der Waals surface area (Å²) in [6, 6.07) is 9.16. The Morgan fingerprint density at radius 2 is 2.06 bits per heavy atom. The lowest BCUT2D eigenvalue weighted by molar-refractivity contribution is -0.124. The van der Waals surface area contributed by atoms with Gasteiger partial charge < -0.3 is 5.73 Å². The molecule has 0 aliphatic rings. The molecule has 0 fully saturated rings. The topological polar surface area (TPSA) is 86.7 Å². The third-order valence-corrected chi connectivity index (χ3v) is 2.62. The standard InChI is InChI=1S/C10H11N5O/c1-10(9(11)16,15-7-12-13-14-15)8-5-3-2-4-6-8/h2-7H,1H3,(H2,11,16). The van der Waals surface area contributed by atoms with E-state index in [0.29, 0.717) is 0 Å². The van der Waals surface area contributed by atoms with Gasteiger partial charge in [-0.2, -0.15) is 0 Å². The number of nitrogens with zero attached hydrogens (tertiary/aromatic N) is 4. The van der Waals surface area contributed by atoms with Gasteiger partial charge in [0.25, 0.3) is 0 Å². The number of carbonyl (C=O) groups excluding carboxylic acids is 1. The van der Waals surface area contributed by atoms with E-state index in [9.17, 15) is 4.79 Å². The predicted molar refractivity (Wildman–Crippen MR) is 56.2 cm³/mol. The molecule has 0 radical (unpaired) electrons. The van der Waals surface area contributed by atoms with Crippen LogP contribution in [0.5, 0.6) is 0 Å². The van der Waals surface area contributed by atoms with Gasteiger partial charge in [-0.25, -0.2) is 4.68 Å². The third-order valence-electron chi connectivity index (χ3n) is 2.62. The highest BCUT2D eigenvalue weighted by molar-refractivity contribution is 5.85. The summed E-state index contributed by atoms with van der Waals surface area (Å²) in [7, 11) is 0. The molecule has 0 bridgehead atoms. The van der Waals surface area contributed by atoms with E-state index in [2.05, 4.69) is 15.5 Å². The Bertz CT molecular complexity index is 481. The van der Waals surface area contributed by atoms with Crippen molar-refractivity contribution in [2.75, 3.05) is 0 Å². The highest BCUT2D eigenvalue weighted by atomic mass is 16.1. The van der Waals surface area contributed by atoms with Crippen molar-refractivity contribution in [2.24, 2.45) is 5.73 Å². The molecular weight excluding hydrogens is 206 g/mol. The van der Waals surface area contributed by atoms with Crippen LogP contribution in [0.15, 0.2) is 36.7 Å². The molecule has 0 saturated heterocycles. The van der Waals surface area contributed by atoms with Crippen LogP contribution in [0.1, 0.15) is 12.5 Å². The molecule has 82 valence electrons. The zero-order valence-corrected chi connectivity index (χ0v) is 8.74. The number of nitrogens with two attached hydrogens (primary N) is 1. The van der Waals surface area contributed by atoms with Gasteiger partial charge in [0.1, 0.15) is 6.33 Å². The summed E-state index contributed by atoms with van der Waals surface area (Å²) < 4.78 is 1.35. The molecule has 2 aromatic rings. The van der Waals surface area contributed by atoms with E-state index in [1.807, 2.05) is 30.3 Å². The lowest BCUT2D eigenvalue weighted by Crippen LogP contribution is -2.45. The Labute approximate surface area is 92.1 Å². The number of primary amides is 1. The van der Waals surface area contributed by atoms with Crippen molar-refractivity contribution in [2.45, 2.75) is 12.5 Å². The Morgan fingerprint density at radius 3 is 2.56 bits per heavy atom. The first kappa shape index (κ1) is 10.3. The molecule has 1 amide bonds. The van der Waals surface area contributed by atoms with Crippen LogP contribution < -0.4 is 5.73 Å². The number of benzene rings is 1. The van der Waals surface area contributed by atoms with Crippen LogP contribution in [0.25, 0.3) is 0 Å². The first-order chi connectivity index (χ1) is 7.65. The highest BCUT2D eigenvalue weighted by Gasteiger charge is 2.36. The molecule has 6 heteroatoms. The van der Waals surface area contributed by atoms with E-state index in [1.54, 1.807) is 6.92 Å². The van der Waals surface area contributed by atoms with Crippen LogP contribution in [0.4, 0.5) is 0 Å². The second kappa shape index (κ2) is 3.73. The average Bonchev–Trinajstić information content (AvgIpc) is 2.82. The second-order valence-corrected chi connectivity index (χ2v) is 3.56. The number of carbonyl (C=O) groups is 1. The van der Waals surface area contributed by atoms with E-state index in [-0.39, 0.29) is 0 Å². The summed E-state index contributed by atoms with van der Waals surface area (Å²) in [5.74, 6) is -0.508. The molecule has 1 aromatic carbocycles. The van der Waals surface area contributed by atoms with Crippen molar-refractivity contribution in [3.05, 3.63) is 42.2 Å². The molecule has 2 rings (SSSR count). The largest absolute Gasteiger partial charge is 0.367 e. The summed E-state index contributed by atoms with van der Waals surface area (Å²) in [5, 5.41) is 10.8. The van der Waals surface area contributed by atoms with E-state index in [0.717, 1.165) is 5.56 Å². The molecule has 0 aliphatic carbocycles. The quantitative estimate of drug-likeness (QED) is 0.779. The van der Waals surface area contributed by atoms with Gasteiger partial charge in [0.15, 0.2) is 5.54 Å². The fourth-order valence-corrected chi connectivity index (χ4v) is 1.52. The van der Waals surface area contributed by atoms with Crippen molar-refractivity contribution in [3.8, 4) is 0 Å². The van der Waals surface area contributed by atoms with Gasteiger partial charge in [0.05, 0.1) is 0 Å². The Kier molecular flexibility index (Phi) is 2.40. The highest BCUT2D eigenvalue weighted by Crippen LogP contribution is 2.23. The van der Waals surface area contributed by atoms with Crippen molar-refractivity contribution in [3.63, 3.8) is 0 Å². The number of rotatable bonds is 3. The zero-order valence-electron chi connectivity index (χ0n) is 8.74. The number of tetrazole rings is 1. The maximum Gasteiger partial charge on any atom is 0.249 e. The molecule has 0 saturated carbocycles. The number of hydrogen-bond donors (Lipinski definition) is 1. The molecule has 0 aliphatic heterocycles. The first-order valence-corrected chi connectivity index (χ1v) is 4.74. The van der Waals surface area contributed by atoms with Gasteiger partial charge in [-0.3, -0.25) is 4.79 Å². The summed E-state index contributed by atoms with van der Waals surface area (Å²) in [4.78, 5) is 11.6. The van der Waals surface area contributed by atoms with Crippen LogP contribution in [0.2, 0.25) is 0 Å². The Balaban J connectivity index is 2.58. The fraction of sp³-hybridized carbons (Fsp3) is 0.200. The van der Waals surface area contributed by atoms with Crippen molar-refractivity contribution in [1.29, 1.82) is 0 Å². The van der Waals surface area contributed by atoms with Crippen molar-refractivity contribution >= 4 is 5.91 Å². The predicted octanol–water partition coefficient (Wildman–Crippen LogP) is -0.0781. The first-order valence-electron chi connectivity index (χ1n) is 4.74. The van der Waals surface area contributed by atoms with Gasteiger partial charge in [-0.15, -0.1) is 5.10 Å². The second-order valence-electron chi connectivity index (χ2n) is 3.56. The number of hydrogen-bond acceptors (Lipinski definition) is 4. The molecule has 1 heterocycles. The van der Waals surface area contributed by atoms with Crippen LogP contribution in [0.3, 0.4) is 0 Å². The third kappa shape index (κ3) is 1.44. The van der Waals surface area contributed by atoms with Crippen LogP contribution in [-0.4, -0.2) is 26.1 Å². The van der Waals surface area contributed by atoms with Gasteiger partial charge >= 0.3 is 0 Å². The molecule has 2 N–H and O–H groups in total. The Hall–Kier alpha value is -2.24. The minimum Gasteiger partial charge on any atom is -0.367 e. The lowest BCUT2D eigenvalue weighted by Gasteiger charge is -2.25. The smallest absolute Gasteiger partial charge is 0.249 e. The molecule has 1 unspecified atom stereocenters. The molecule has 1 atom stereocenters. The number of amides is 1. The SMILES string of the molecule is CC(C(N)=O)(c1ccccc1)n1cnnn1. The lowest BCUT2D eigenvalue weighted by atomic mass is 9.91. The van der Waals surface area contributed by atoms with Crippen LogP contribution >= 0.6 is 0 Å². The van der Waals surface area contributed by atoms with E-state index >= 15 is 0 Å². The van der Waals surface area contributed by atoms with Gasteiger partial charge in [-0.1, -0.05) is 30.3 Å². The van der Waals surface area contributed by atoms with Gasteiger partial charge in [-0.05, 0) is 22.9 Å². The zero-order chi connectivity index (χ0) is 11.6. The average molecular weight is 217 g/mol. The van der Waals surface area contributed by atoms with E-state index < -0.39 is 11.4 Å². The normalized spacial score (nSPS) is 14.3. The molecule has 16 heavy (non-hydrogen) atoms. The van der Waals surface area contributed by atoms with E-state index in [1.165, 1.54) is 11.0 Å². The van der Waals surface area contributed by atoms with Crippen LogP contribution in [-0.2, 0) is 10.3 Å². The molecular formula is C10H11N5O. The molecule has 0 spiro atoms. The van der Waals surface area contributed by atoms with Gasteiger partial charge in [0.2, 0.25) is 5.91 Å². The minimum atomic E-state index is -1.06. The van der Waals surface area contributed by atoms with Crippen molar-refractivity contribution in [1.82, 2.24) is 20.2 Å². The molecule has 1 aromatic heterocycles. The summed E-state index contributed by atoms with van der Waals surface area (Å²) in [6.45, 7) is 1.68. The van der Waals surface area contributed by atoms with Gasteiger partial charge in [0, 0.05) is 0 Å². The maximum absolute atomic E-state index is 11.6. The maximum atomic E-state index is 11.6. The minimum absolute atomic E-state index is 0.508. The molecule has 6 nitrogen and oxygen atoms in total. The number of aromatic nitrogens is 4. The summed E-state index contributed by atoms with van der Waals surface area (Å²) in [6.07, 6.45) is 1.37. The summed E-state index contributed by atoms with van der Waals surface area (Å²) in [5.41, 5.74) is 5.12. The fourth-order valence-electron chi connectivity index (χ4n) is 1.52. The monoisotopic (exact) mass is 217 g/mol. The van der Waals surface area contributed by atoms with Crippen molar-refractivity contribution < 1.29 is 4.79 Å². The Morgan fingerprint density at radius 1 is 1.38 bits per heavy atom. The van der Waals surface area contributed by atoms with E-state index in [4.69, 9.17) is 5.73 Å². The van der Waals surface area contributed by atoms with Crippen LogP contribution in [0, 0.1) is 0 Å². The summed E-state index contributed by atoms with van der Waals surface area (Å²) >= 11 is 0.